The number of carbonyl (C=O) groups excluding carboxylic acids is 1. The van der Waals surface area contributed by atoms with Crippen molar-refractivity contribution in [2.24, 2.45) is 0 Å². The zero-order chi connectivity index (χ0) is 12.9. The molecule has 0 heterocycles. The minimum absolute atomic E-state index is 0.275. The minimum atomic E-state index is -0.388. The molecule has 1 aromatic carbocycles. The number of rotatable bonds is 3. The fourth-order valence-electron chi connectivity index (χ4n) is 0.983. The standard InChI is InChI=1S/C13H16BrNO2/c1-13(2,3)17-15-12(16)9-6-10-4-7-11(14)8-5-10/h4-9H,1-3H3,(H,15,16)/b9-6+. The summed E-state index contributed by atoms with van der Waals surface area (Å²) < 4.78 is 1.01. The summed E-state index contributed by atoms with van der Waals surface area (Å²) in [5.41, 5.74) is 2.94. The number of hydrogen-bond donors (Lipinski definition) is 1. The second kappa shape index (κ2) is 5.98. The van der Waals surface area contributed by atoms with Gasteiger partial charge in [-0.3, -0.25) is 9.63 Å². The van der Waals surface area contributed by atoms with Crippen LogP contribution in [-0.2, 0) is 9.63 Å². The van der Waals surface area contributed by atoms with Gasteiger partial charge in [0.05, 0.1) is 5.60 Å². The number of nitrogens with one attached hydrogen (secondary N) is 1. The molecule has 0 atom stereocenters. The molecule has 0 saturated carbocycles. The second-order valence-corrected chi connectivity index (χ2v) is 5.48. The van der Waals surface area contributed by atoms with E-state index in [4.69, 9.17) is 4.84 Å². The van der Waals surface area contributed by atoms with Gasteiger partial charge in [0.25, 0.3) is 5.91 Å². The molecule has 0 radical (unpaired) electrons. The van der Waals surface area contributed by atoms with Crippen molar-refractivity contribution >= 4 is 27.9 Å². The highest BCUT2D eigenvalue weighted by molar-refractivity contribution is 9.10. The van der Waals surface area contributed by atoms with Crippen LogP contribution >= 0.6 is 15.9 Å². The predicted octanol–water partition coefficient (Wildman–Crippen LogP) is 3.31. The van der Waals surface area contributed by atoms with Crippen molar-refractivity contribution in [3.05, 3.63) is 40.4 Å². The van der Waals surface area contributed by atoms with Crippen molar-refractivity contribution < 1.29 is 9.63 Å². The third kappa shape index (κ3) is 6.24. The molecular weight excluding hydrogens is 282 g/mol. The number of benzene rings is 1. The van der Waals surface area contributed by atoms with E-state index in [0.29, 0.717) is 0 Å². The number of carbonyl (C=O) groups is 1. The monoisotopic (exact) mass is 297 g/mol. The van der Waals surface area contributed by atoms with Crippen molar-refractivity contribution in [2.45, 2.75) is 26.4 Å². The molecule has 1 aromatic rings. The highest BCUT2D eigenvalue weighted by Crippen LogP contribution is 2.11. The molecule has 92 valence electrons. The van der Waals surface area contributed by atoms with Gasteiger partial charge in [-0.2, -0.15) is 0 Å². The lowest BCUT2D eigenvalue weighted by atomic mass is 10.2. The summed E-state index contributed by atoms with van der Waals surface area (Å²) >= 11 is 3.35. The molecule has 1 N–H and O–H groups in total. The van der Waals surface area contributed by atoms with Crippen LogP contribution in [0.4, 0.5) is 0 Å². The van der Waals surface area contributed by atoms with Crippen LogP contribution in [0.5, 0.6) is 0 Å². The lowest BCUT2D eigenvalue weighted by Gasteiger charge is -2.17. The van der Waals surface area contributed by atoms with E-state index in [9.17, 15) is 4.79 Å². The first-order valence-electron chi connectivity index (χ1n) is 5.28. The van der Waals surface area contributed by atoms with Crippen LogP contribution in [0, 0.1) is 0 Å². The van der Waals surface area contributed by atoms with Crippen molar-refractivity contribution in [3.8, 4) is 0 Å². The van der Waals surface area contributed by atoms with E-state index in [2.05, 4.69) is 21.4 Å². The van der Waals surface area contributed by atoms with Gasteiger partial charge in [-0.15, -0.1) is 0 Å². The molecule has 3 nitrogen and oxygen atoms in total. The fraction of sp³-hybridized carbons (Fsp3) is 0.308. The average molecular weight is 298 g/mol. The quantitative estimate of drug-likeness (QED) is 0.687. The average Bonchev–Trinajstić information content (AvgIpc) is 2.25. The largest absolute Gasteiger partial charge is 0.268 e. The van der Waals surface area contributed by atoms with E-state index in [1.54, 1.807) is 6.08 Å². The molecule has 0 aromatic heterocycles. The van der Waals surface area contributed by atoms with Crippen molar-refractivity contribution in [2.75, 3.05) is 0 Å². The topological polar surface area (TPSA) is 38.3 Å². The van der Waals surface area contributed by atoms with Crippen LogP contribution in [0.15, 0.2) is 34.8 Å². The van der Waals surface area contributed by atoms with Gasteiger partial charge in [-0.25, -0.2) is 5.48 Å². The maximum Gasteiger partial charge on any atom is 0.267 e. The Labute approximate surface area is 110 Å². The summed E-state index contributed by atoms with van der Waals surface area (Å²) in [5.74, 6) is -0.275. The Morgan fingerprint density at radius 1 is 1.29 bits per heavy atom. The Hall–Kier alpha value is -1.13. The number of halogens is 1. The summed E-state index contributed by atoms with van der Waals surface area (Å²) in [4.78, 5) is 16.5. The molecule has 4 heteroatoms. The van der Waals surface area contributed by atoms with Gasteiger partial charge in [-0.1, -0.05) is 28.1 Å². The second-order valence-electron chi connectivity index (χ2n) is 4.57. The van der Waals surface area contributed by atoms with Gasteiger partial charge >= 0.3 is 0 Å². The van der Waals surface area contributed by atoms with Crippen LogP contribution in [0.1, 0.15) is 26.3 Å². The molecule has 0 unspecified atom stereocenters. The molecule has 1 rings (SSSR count). The SMILES string of the molecule is CC(C)(C)ONC(=O)/C=C/c1ccc(Br)cc1. The maximum absolute atomic E-state index is 11.4. The van der Waals surface area contributed by atoms with Crippen LogP contribution in [-0.4, -0.2) is 11.5 Å². The molecule has 0 fully saturated rings. The lowest BCUT2D eigenvalue weighted by Crippen LogP contribution is -2.32. The Morgan fingerprint density at radius 2 is 1.88 bits per heavy atom. The first kappa shape index (κ1) is 13.9. The summed E-state index contributed by atoms with van der Waals surface area (Å²) in [6, 6.07) is 7.67. The first-order valence-corrected chi connectivity index (χ1v) is 6.08. The summed E-state index contributed by atoms with van der Waals surface area (Å²) in [6.45, 7) is 5.60. The Morgan fingerprint density at radius 3 is 2.41 bits per heavy atom. The van der Waals surface area contributed by atoms with Crippen LogP contribution < -0.4 is 5.48 Å². The van der Waals surface area contributed by atoms with Crippen molar-refractivity contribution in [3.63, 3.8) is 0 Å². The van der Waals surface area contributed by atoms with Gasteiger partial charge in [0.1, 0.15) is 0 Å². The van der Waals surface area contributed by atoms with Gasteiger partial charge in [0.2, 0.25) is 0 Å². The molecule has 17 heavy (non-hydrogen) atoms. The Bertz CT molecular complexity index is 404. The Kier molecular flexibility index (Phi) is 4.90. The van der Waals surface area contributed by atoms with E-state index in [-0.39, 0.29) is 11.5 Å². The van der Waals surface area contributed by atoms with Crippen molar-refractivity contribution in [1.29, 1.82) is 0 Å². The molecular formula is C13H16BrNO2. The lowest BCUT2D eigenvalue weighted by molar-refractivity contribution is -0.140. The van der Waals surface area contributed by atoms with E-state index in [1.165, 1.54) is 6.08 Å². The summed E-state index contributed by atoms with van der Waals surface area (Å²) in [7, 11) is 0. The Balaban J connectivity index is 2.48. The molecule has 1 amide bonds. The molecule has 0 aliphatic rings. The zero-order valence-corrected chi connectivity index (χ0v) is 11.7. The van der Waals surface area contributed by atoms with Crippen LogP contribution in [0.2, 0.25) is 0 Å². The number of amides is 1. The third-order valence-corrected chi connectivity index (χ3v) is 2.28. The zero-order valence-electron chi connectivity index (χ0n) is 10.2. The fourth-order valence-corrected chi connectivity index (χ4v) is 1.25. The molecule has 0 aliphatic heterocycles. The first-order chi connectivity index (χ1) is 7.87. The van der Waals surface area contributed by atoms with E-state index < -0.39 is 0 Å². The van der Waals surface area contributed by atoms with Crippen LogP contribution in [0.25, 0.3) is 6.08 Å². The van der Waals surface area contributed by atoms with Crippen LogP contribution in [0.3, 0.4) is 0 Å². The highest BCUT2D eigenvalue weighted by atomic mass is 79.9. The maximum atomic E-state index is 11.4. The van der Waals surface area contributed by atoms with Gasteiger partial charge in [0.15, 0.2) is 0 Å². The van der Waals surface area contributed by atoms with Gasteiger partial charge in [0, 0.05) is 10.5 Å². The molecule has 0 spiro atoms. The van der Waals surface area contributed by atoms with E-state index >= 15 is 0 Å². The van der Waals surface area contributed by atoms with Gasteiger partial charge < -0.3 is 0 Å². The normalized spacial score (nSPS) is 11.8. The van der Waals surface area contributed by atoms with E-state index in [1.807, 2.05) is 45.0 Å². The van der Waals surface area contributed by atoms with Crippen molar-refractivity contribution in [1.82, 2.24) is 5.48 Å². The molecule has 0 bridgehead atoms. The molecule has 0 aliphatic carbocycles. The summed E-state index contributed by atoms with van der Waals surface area (Å²) in [6.07, 6.45) is 3.17. The third-order valence-electron chi connectivity index (χ3n) is 1.75. The predicted molar refractivity (Wildman–Crippen MR) is 72.2 cm³/mol. The highest BCUT2D eigenvalue weighted by Gasteiger charge is 2.11. The minimum Gasteiger partial charge on any atom is -0.268 e. The van der Waals surface area contributed by atoms with E-state index in [0.717, 1.165) is 10.0 Å². The number of hydrogen-bond acceptors (Lipinski definition) is 2. The number of hydroxylamine groups is 1. The smallest absolute Gasteiger partial charge is 0.267 e. The summed E-state index contributed by atoms with van der Waals surface area (Å²) in [5, 5.41) is 0. The van der Waals surface area contributed by atoms with Gasteiger partial charge in [-0.05, 0) is 44.5 Å². The molecule has 0 saturated heterocycles.